The number of anilines is 1. The smallest absolute Gasteiger partial charge is 0.202 e. The molecular weight excluding hydrogens is 285 g/mol. The second-order valence-electron chi connectivity index (χ2n) is 3.97. The van der Waals surface area contributed by atoms with Gasteiger partial charge in [-0.05, 0) is 35.4 Å². The summed E-state index contributed by atoms with van der Waals surface area (Å²) in [6.45, 7) is 0. The fourth-order valence-corrected chi connectivity index (χ4v) is 2.27. The number of aromatic nitrogens is 2. The summed E-state index contributed by atoms with van der Waals surface area (Å²) in [5, 5.41) is 7.86. The molecule has 4 nitrogen and oxygen atoms in total. The van der Waals surface area contributed by atoms with Gasteiger partial charge < -0.3 is 10.2 Å². The number of rotatable bonds is 2. The summed E-state index contributed by atoms with van der Waals surface area (Å²) in [6.07, 6.45) is 1.51. The van der Waals surface area contributed by atoms with Crippen LogP contribution in [0, 0.1) is 0 Å². The van der Waals surface area contributed by atoms with Crippen molar-refractivity contribution >= 4 is 29.0 Å². The molecule has 0 saturated heterocycles. The summed E-state index contributed by atoms with van der Waals surface area (Å²) >= 11 is 11.9. The molecule has 0 fully saturated rings. The summed E-state index contributed by atoms with van der Waals surface area (Å²) in [5.74, 6) is 0.398. The first-order valence-corrected chi connectivity index (χ1v) is 6.25. The van der Waals surface area contributed by atoms with E-state index in [-0.39, 0.29) is 0 Å². The topological polar surface area (TPSA) is 67.8 Å². The van der Waals surface area contributed by atoms with Crippen LogP contribution >= 0.6 is 23.2 Å². The predicted molar refractivity (Wildman–Crippen MR) is 76.2 cm³/mol. The Balaban J connectivity index is 2.19. The molecule has 3 N–H and O–H groups in total. The number of aromatic amines is 1. The molecule has 1 aromatic carbocycles. The Hall–Kier alpha value is -1.91. The monoisotopic (exact) mass is 293 g/mol. The number of hydrogen-bond acceptors (Lipinski definition) is 3. The van der Waals surface area contributed by atoms with Crippen LogP contribution in [0.4, 0.5) is 5.82 Å². The molecule has 2 aromatic heterocycles. The van der Waals surface area contributed by atoms with E-state index in [9.17, 15) is 0 Å². The van der Waals surface area contributed by atoms with Crippen molar-refractivity contribution in [3.8, 4) is 22.4 Å². The van der Waals surface area contributed by atoms with Crippen molar-refractivity contribution < 1.29 is 4.42 Å². The zero-order valence-electron chi connectivity index (χ0n) is 9.65. The van der Waals surface area contributed by atoms with Gasteiger partial charge in [-0.3, -0.25) is 5.10 Å². The maximum atomic E-state index is 5.99. The molecule has 0 spiro atoms. The lowest BCUT2D eigenvalue weighted by Gasteiger charge is -2.03. The van der Waals surface area contributed by atoms with E-state index in [4.69, 9.17) is 33.4 Å². The largest absolute Gasteiger partial charge is 0.452 e. The number of H-pyrrole nitrogens is 1. The minimum absolute atomic E-state index is 0.291. The third-order valence-corrected chi connectivity index (χ3v) is 3.36. The molecule has 0 radical (unpaired) electrons. The fourth-order valence-electron chi connectivity index (χ4n) is 1.93. The van der Waals surface area contributed by atoms with Crippen molar-refractivity contribution in [3.63, 3.8) is 0 Å². The Morgan fingerprint density at radius 2 is 1.84 bits per heavy atom. The van der Waals surface area contributed by atoms with Crippen LogP contribution in [-0.4, -0.2) is 10.2 Å². The van der Waals surface area contributed by atoms with Crippen LogP contribution in [0.3, 0.4) is 0 Å². The highest BCUT2D eigenvalue weighted by Crippen LogP contribution is 2.38. The average Bonchev–Trinajstić information content (AvgIpc) is 2.97. The summed E-state index contributed by atoms with van der Waals surface area (Å²) < 4.78 is 5.09. The van der Waals surface area contributed by atoms with Crippen LogP contribution in [0.15, 0.2) is 41.0 Å². The molecule has 0 atom stereocenters. The Bertz CT molecular complexity index is 716. The summed E-state index contributed by atoms with van der Waals surface area (Å²) in [4.78, 5) is 0. The number of nitrogens with one attached hydrogen (secondary N) is 1. The first-order chi connectivity index (χ1) is 9.16. The quantitative estimate of drug-likeness (QED) is 0.743. The van der Waals surface area contributed by atoms with E-state index in [1.165, 1.54) is 6.26 Å². The van der Waals surface area contributed by atoms with Crippen molar-refractivity contribution in [3.05, 3.63) is 46.8 Å². The van der Waals surface area contributed by atoms with Gasteiger partial charge in [0.25, 0.3) is 0 Å². The Morgan fingerprint density at radius 3 is 2.47 bits per heavy atom. The highest BCUT2D eigenvalue weighted by atomic mass is 35.5. The average molecular weight is 294 g/mol. The van der Waals surface area contributed by atoms with Crippen LogP contribution < -0.4 is 5.73 Å². The summed E-state index contributed by atoms with van der Waals surface area (Å²) in [6, 6.07) is 9.10. The second-order valence-corrected chi connectivity index (χ2v) is 4.75. The van der Waals surface area contributed by atoms with Crippen molar-refractivity contribution in [2.45, 2.75) is 0 Å². The molecule has 19 heavy (non-hydrogen) atoms. The molecule has 0 amide bonds. The molecule has 0 bridgehead atoms. The van der Waals surface area contributed by atoms with Crippen molar-refractivity contribution in [2.75, 3.05) is 5.73 Å². The van der Waals surface area contributed by atoms with Gasteiger partial charge in [-0.25, -0.2) is 0 Å². The minimum atomic E-state index is 0.291. The summed E-state index contributed by atoms with van der Waals surface area (Å²) in [7, 11) is 0. The maximum absolute atomic E-state index is 5.99. The molecule has 3 aromatic rings. The number of halogens is 2. The Kier molecular flexibility index (Phi) is 2.97. The minimum Gasteiger partial charge on any atom is -0.452 e. The van der Waals surface area contributed by atoms with Gasteiger partial charge in [0.05, 0.1) is 23.1 Å². The zero-order chi connectivity index (χ0) is 13.4. The molecule has 96 valence electrons. The van der Waals surface area contributed by atoms with Crippen LogP contribution in [0.5, 0.6) is 0 Å². The molecular formula is C13H9Cl2N3O. The van der Waals surface area contributed by atoms with E-state index >= 15 is 0 Å². The van der Waals surface area contributed by atoms with Gasteiger partial charge in [-0.2, -0.15) is 5.10 Å². The van der Waals surface area contributed by atoms with Gasteiger partial charge in [0.15, 0.2) is 5.82 Å². The lowest BCUT2D eigenvalue weighted by atomic mass is 10.0. The van der Waals surface area contributed by atoms with Gasteiger partial charge in [-0.1, -0.05) is 23.7 Å². The van der Waals surface area contributed by atoms with Crippen molar-refractivity contribution in [2.24, 2.45) is 0 Å². The number of furan rings is 1. The van der Waals surface area contributed by atoms with Crippen molar-refractivity contribution in [1.82, 2.24) is 10.2 Å². The second kappa shape index (κ2) is 4.64. The van der Waals surface area contributed by atoms with Crippen LogP contribution in [0.25, 0.3) is 22.4 Å². The third kappa shape index (κ3) is 2.09. The van der Waals surface area contributed by atoms with Crippen LogP contribution in [0.1, 0.15) is 0 Å². The van der Waals surface area contributed by atoms with E-state index in [1.807, 2.05) is 12.1 Å². The van der Waals surface area contributed by atoms with Gasteiger partial charge in [0, 0.05) is 5.02 Å². The van der Waals surface area contributed by atoms with Crippen molar-refractivity contribution in [1.29, 1.82) is 0 Å². The molecule has 0 saturated carbocycles. The first-order valence-electron chi connectivity index (χ1n) is 5.50. The van der Waals surface area contributed by atoms with E-state index in [1.54, 1.807) is 18.2 Å². The predicted octanol–water partition coefficient (Wildman–Crippen LogP) is 4.23. The lowest BCUT2D eigenvalue weighted by Crippen LogP contribution is -1.88. The molecule has 3 rings (SSSR count). The molecule has 0 aliphatic rings. The van der Waals surface area contributed by atoms with Gasteiger partial charge in [0.2, 0.25) is 5.22 Å². The van der Waals surface area contributed by atoms with Gasteiger partial charge in [0.1, 0.15) is 0 Å². The molecule has 0 aliphatic heterocycles. The molecule has 0 unspecified atom stereocenters. The molecule has 6 heteroatoms. The maximum Gasteiger partial charge on any atom is 0.202 e. The van der Waals surface area contributed by atoms with Crippen LogP contribution in [0.2, 0.25) is 10.2 Å². The van der Waals surface area contributed by atoms with E-state index in [2.05, 4.69) is 10.2 Å². The first kappa shape index (κ1) is 12.1. The highest BCUT2D eigenvalue weighted by molar-refractivity contribution is 6.31. The molecule has 2 heterocycles. The SMILES string of the molecule is Nc1n[nH]c(-c2ccoc2Cl)c1-c1ccc(Cl)cc1. The summed E-state index contributed by atoms with van der Waals surface area (Å²) in [5.41, 5.74) is 9.04. The third-order valence-electron chi connectivity index (χ3n) is 2.81. The number of benzene rings is 1. The van der Waals surface area contributed by atoms with E-state index < -0.39 is 0 Å². The zero-order valence-corrected chi connectivity index (χ0v) is 11.2. The van der Waals surface area contributed by atoms with Gasteiger partial charge in [-0.15, -0.1) is 0 Å². The van der Waals surface area contributed by atoms with E-state index in [0.717, 1.165) is 22.4 Å². The standard InChI is InChI=1S/C13H9Cl2N3O/c14-8-3-1-7(2-4-8)10-11(17-18-13(10)16)9-5-6-19-12(9)15/h1-6H,(H3,16,17,18). The lowest BCUT2D eigenvalue weighted by molar-refractivity contribution is 0.570. The fraction of sp³-hybridized carbons (Fsp3) is 0. The Labute approximate surface area is 119 Å². The number of nitrogens with two attached hydrogens (primary N) is 1. The highest BCUT2D eigenvalue weighted by Gasteiger charge is 2.18. The van der Waals surface area contributed by atoms with Gasteiger partial charge >= 0.3 is 0 Å². The number of hydrogen-bond donors (Lipinski definition) is 2. The van der Waals surface area contributed by atoms with Crippen LogP contribution in [-0.2, 0) is 0 Å². The Morgan fingerprint density at radius 1 is 1.11 bits per heavy atom. The van der Waals surface area contributed by atoms with E-state index in [0.29, 0.717) is 16.1 Å². The normalized spacial score (nSPS) is 10.8. The molecule has 0 aliphatic carbocycles. The number of nitrogen functional groups attached to an aromatic ring is 1. The number of nitrogens with zero attached hydrogens (tertiary/aromatic N) is 1.